The Balaban J connectivity index is 1.45. The minimum atomic E-state index is 0.873. The number of fused-ring (bicyclic) bond motifs is 6. The van der Waals surface area contributed by atoms with Gasteiger partial charge in [0.15, 0.2) is 0 Å². The molecule has 0 fully saturated rings. The molecule has 206 valence electrons. The number of para-hydroxylation sites is 2. The highest BCUT2D eigenvalue weighted by Gasteiger charge is 2.23. The van der Waals surface area contributed by atoms with Crippen molar-refractivity contribution in [3.8, 4) is 39.3 Å². The van der Waals surface area contributed by atoms with Crippen molar-refractivity contribution < 1.29 is 4.42 Å². The summed E-state index contributed by atoms with van der Waals surface area (Å²) < 4.78 is 8.60. The fourth-order valence-electron chi connectivity index (χ4n) is 6.60. The maximum Gasteiger partial charge on any atom is 0.145 e. The van der Waals surface area contributed by atoms with Crippen molar-refractivity contribution in [3.63, 3.8) is 0 Å². The van der Waals surface area contributed by atoms with Gasteiger partial charge in [-0.05, 0) is 46.8 Å². The fourth-order valence-corrected chi connectivity index (χ4v) is 6.60. The maximum atomic E-state index is 6.20. The minimum absolute atomic E-state index is 0.873. The van der Waals surface area contributed by atoms with Gasteiger partial charge in [-0.2, -0.15) is 0 Å². The number of hydrogen-bond acceptors (Lipinski definition) is 2. The van der Waals surface area contributed by atoms with Crippen molar-refractivity contribution in [2.24, 2.45) is 0 Å². The van der Waals surface area contributed by atoms with E-state index >= 15 is 0 Å². The minimum Gasteiger partial charge on any atom is -0.456 e. The lowest BCUT2D eigenvalue weighted by atomic mass is 9.95. The molecule has 0 atom stereocenters. The predicted molar refractivity (Wildman–Crippen MR) is 182 cm³/mol. The van der Waals surface area contributed by atoms with Crippen LogP contribution < -0.4 is 0 Å². The third kappa shape index (κ3) is 3.80. The van der Waals surface area contributed by atoms with Gasteiger partial charge in [0, 0.05) is 32.8 Å². The topological polar surface area (TPSA) is 31.0 Å². The van der Waals surface area contributed by atoms with E-state index in [1.54, 1.807) is 0 Å². The third-order valence-electron chi connectivity index (χ3n) is 8.61. The van der Waals surface area contributed by atoms with E-state index < -0.39 is 0 Å². The highest BCUT2D eigenvalue weighted by molar-refractivity contribution is 6.09. The van der Waals surface area contributed by atoms with Crippen molar-refractivity contribution in [1.29, 1.82) is 0 Å². The van der Waals surface area contributed by atoms with Crippen molar-refractivity contribution >= 4 is 43.7 Å². The van der Waals surface area contributed by atoms with Gasteiger partial charge in [0.2, 0.25) is 0 Å². The van der Waals surface area contributed by atoms with Crippen LogP contribution in [0.25, 0.3) is 83.1 Å². The van der Waals surface area contributed by atoms with Crippen LogP contribution in [0.3, 0.4) is 0 Å². The summed E-state index contributed by atoms with van der Waals surface area (Å²) in [5.41, 5.74) is 10.6. The number of hydrogen-bond donors (Lipinski definition) is 0. The molecule has 0 aliphatic heterocycles. The summed E-state index contributed by atoms with van der Waals surface area (Å²) in [6.45, 7) is 0. The molecule has 0 spiro atoms. The summed E-state index contributed by atoms with van der Waals surface area (Å²) in [7, 11) is 0. The molecule has 0 aliphatic rings. The lowest BCUT2D eigenvalue weighted by Crippen LogP contribution is -2.03. The lowest BCUT2D eigenvalue weighted by molar-refractivity contribution is 0.669. The van der Waals surface area contributed by atoms with Crippen molar-refractivity contribution in [2.45, 2.75) is 0 Å². The molecule has 0 aliphatic carbocycles. The predicted octanol–water partition coefficient (Wildman–Crippen LogP) is 11.1. The zero-order chi connectivity index (χ0) is 29.0. The van der Waals surface area contributed by atoms with Gasteiger partial charge < -0.3 is 4.42 Å². The molecule has 7 aromatic carbocycles. The molecule has 9 rings (SSSR count). The van der Waals surface area contributed by atoms with Crippen LogP contribution in [-0.2, 0) is 0 Å². The van der Waals surface area contributed by atoms with Gasteiger partial charge in [-0.1, -0.05) is 127 Å². The SMILES string of the molecule is c1ccc(-c2cccc(-c3ccccc3)c2-n2c(-c3ccc4oc5ccccc5c4c3)nc3ccc4ccccc4c32)cc1. The molecule has 0 bridgehead atoms. The smallest absolute Gasteiger partial charge is 0.145 e. The number of imidazole rings is 1. The Bertz CT molecular complexity index is 2430. The van der Waals surface area contributed by atoms with E-state index in [1.165, 1.54) is 10.8 Å². The molecule has 0 saturated carbocycles. The van der Waals surface area contributed by atoms with Crippen molar-refractivity contribution in [2.75, 3.05) is 0 Å². The molecule has 3 nitrogen and oxygen atoms in total. The second-order valence-corrected chi connectivity index (χ2v) is 11.2. The van der Waals surface area contributed by atoms with Crippen LogP contribution in [-0.4, -0.2) is 9.55 Å². The number of benzene rings is 7. The quantitative estimate of drug-likeness (QED) is 0.214. The molecular weight excluding hydrogens is 536 g/mol. The summed E-state index contributed by atoms with van der Waals surface area (Å²) in [6, 6.07) is 55.5. The number of rotatable bonds is 4. The number of furan rings is 1. The first-order chi connectivity index (χ1) is 21.8. The van der Waals surface area contributed by atoms with Crippen molar-refractivity contribution in [3.05, 3.63) is 158 Å². The second-order valence-electron chi connectivity index (χ2n) is 11.2. The van der Waals surface area contributed by atoms with Crippen LogP contribution in [0, 0.1) is 0 Å². The van der Waals surface area contributed by atoms with Crippen LogP contribution >= 0.6 is 0 Å². The van der Waals surface area contributed by atoms with Gasteiger partial charge in [-0.15, -0.1) is 0 Å². The Labute approximate surface area is 254 Å². The van der Waals surface area contributed by atoms with Crippen molar-refractivity contribution in [1.82, 2.24) is 9.55 Å². The van der Waals surface area contributed by atoms with Crippen LogP contribution in [0.1, 0.15) is 0 Å². The first-order valence-corrected chi connectivity index (χ1v) is 14.9. The summed E-state index contributed by atoms with van der Waals surface area (Å²) in [5, 5.41) is 4.54. The summed E-state index contributed by atoms with van der Waals surface area (Å²) in [5.74, 6) is 0.893. The zero-order valence-corrected chi connectivity index (χ0v) is 23.8. The van der Waals surface area contributed by atoms with Gasteiger partial charge >= 0.3 is 0 Å². The lowest BCUT2D eigenvalue weighted by Gasteiger charge is -2.20. The highest BCUT2D eigenvalue weighted by Crippen LogP contribution is 2.42. The van der Waals surface area contributed by atoms with E-state index in [1.807, 2.05) is 12.1 Å². The first-order valence-electron chi connectivity index (χ1n) is 14.9. The maximum absolute atomic E-state index is 6.20. The summed E-state index contributed by atoms with van der Waals surface area (Å²) in [6.07, 6.45) is 0. The van der Waals surface area contributed by atoms with Gasteiger partial charge in [0.05, 0.1) is 16.7 Å². The highest BCUT2D eigenvalue weighted by atomic mass is 16.3. The Kier molecular flexibility index (Phi) is 5.50. The van der Waals surface area contributed by atoms with Crippen LogP contribution in [0.2, 0.25) is 0 Å². The largest absolute Gasteiger partial charge is 0.456 e. The molecule has 0 radical (unpaired) electrons. The average molecular weight is 563 g/mol. The first kappa shape index (κ1) is 24.6. The molecule has 3 heteroatoms. The number of nitrogens with zero attached hydrogens (tertiary/aromatic N) is 2. The number of aromatic nitrogens is 2. The van der Waals surface area contributed by atoms with Gasteiger partial charge in [-0.25, -0.2) is 4.98 Å². The van der Waals surface area contributed by atoms with Gasteiger partial charge in [-0.3, -0.25) is 4.57 Å². The average Bonchev–Trinajstić information content (AvgIpc) is 3.67. The summed E-state index contributed by atoms with van der Waals surface area (Å²) in [4.78, 5) is 5.38. The zero-order valence-electron chi connectivity index (χ0n) is 23.8. The Hall–Kier alpha value is -5.93. The fraction of sp³-hybridized carbons (Fsp3) is 0. The monoisotopic (exact) mass is 562 g/mol. The molecule has 2 heterocycles. The Morgan fingerprint density at radius 3 is 1.84 bits per heavy atom. The molecule has 0 saturated heterocycles. The van der Waals surface area contributed by atoms with E-state index in [-0.39, 0.29) is 0 Å². The third-order valence-corrected chi connectivity index (χ3v) is 8.61. The molecule has 0 amide bonds. The molecule has 44 heavy (non-hydrogen) atoms. The van der Waals surface area contributed by atoms with E-state index in [9.17, 15) is 0 Å². The molecular formula is C41H26N2O. The molecule has 2 aromatic heterocycles. The molecule has 9 aromatic rings. The van der Waals surface area contributed by atoms with Crippen LogP contribution in [0.5, 0.6) is 0 Å². The van der Waals surface area contributed by atoms with E-state index in [0.717, 1.165) is 72.3 Å². The van der Waals surface area contributed by atoms with Gasteiger partial charge in [0.25, 0.3) is 0 Å². The Morgan fingerprint density at radius 1 is 0.455 bits per heavy atom. The molecule has 0 unspecified atom stereocenters. The standard InChI is InChI=1S/C41H26N2O/c1-3-12-27(13-4-1)31-19-11-20-32(28-14-5-2-6-15-28)39(31)43-40-33-17-8-7-16-29(33)22-24-36(40)42-41(43)30-23-25-38-35(26-30)34-18-9-10-21-37(34)44-38/h1-26H. The Morgan fingerprint density at radius 2 is 1.09 bits per heavy atom. The van der Waals surface area contributed by atoms with Crippen LogP contribution in [0.15, 0.2) is 162 Å². The van der Waals surface area contributed by atoms with E-state index in [2.05, 4.69) is 150 Å². The summed E-state index contributed by atoms with van der Waals surface area (Å²) >= 11 is 0. The van der Waals surface area contributed by atoms with E-state index in [0.29, 0.717) is 0 Å². The van der Waals surface area contributed by atoms with E-state index in [4.69, 9.17) is 9.40 Å². The normalized spacial score (nSPS) is 11.6. The van der Waals surface area contributed by atoms with Crippen LogP contribution in [0.4, 0.5) is 0 Å². The molecule has 0 N–H and O–H groups in total. The second kappa shape index (κ2) is 9.82. The van der Waals surface area contributed by atoms with Gasteiger partial charge in [0.1, 0.15) is 17.0 Å².